The molecule has 0 fully saturated rings. The van der Waals surface area contributed by atoms with Gasteiger partial charge in [-0.15, -0.1) is 15.3 Å². The summed E-state index contributed by atoms with van der Waals surface area (Å²) in [6, 6.07) is 14.9. The molecule has 1 aromatic carbocycles. The van der Waals surface area contributed by atoms with Crippen molar-refractivity contribution < 1.29 is 13.9 Å². The van der Waals surface area contributed by atoms with Crippen LogP contribution in [0.15, 0.2) is 60.8 Å². The molecule has 0 saturated heterocycles. The number of hydrogen-bond donors (Lipinski definition) is 1. The number of ether oxygens (including phenoxy) is 1. The molecule has 32 heavy (non-hydrogen) atoms. The molecule has 0 spiro atoms. The third-order valence-corrected chi connectivity index (χ3v) is 4.90. The molecule has 1 amide bonds. The third-order valence-electron chi connectivity index (χ3n) is 4.90. The fourth-order valence-corrected chi connectivity index (χ4v) is 3.42. The van der Waals surface area contributed by atoms with Crippen molar-refractivity contribution in [3.63, 3.8) is 0 Å². The van der Waals surface area contributed by atoms with Crippen LogP contribution < -0.4 is 10.1 Å². The van der Waals surface area contributed by atoms with Crippen molar-refractivity contribution in [2.75, 3.05) is 13.2 Å². The van der Waals surface area contributed by atoms with E-state index in [0.29, 0.717) is 34.3 Å². The molecule has 5 aromatic rings. The minimum atomic E-state index is -0.333. The first-order chi connectivity index (χ1) is 15.6. The fourth-order valence-electron chi connectivity index (χ4n) is 3.42. The van der Waals surface area contributed by atoms with E-state index in [2.05, 4.69) is 25.6 Å². The fraction of sp³-hybridized carbons (Fsp3) is 0.136. The zero-order chi connectivity index (χ0) is 22.1. The molecular weight excluding hydrogens is 413 g/mol. The standard InChI is InChI=1S/C22H18FN7O2/c1-14-20(29-12-3-2-4-17(29)25-14)22(31)24-11-13-32-19-10-9-18-26-27-21(30(18)28-19)15-5-7-16(23)8-6-15/h2-10,12H,11,13H2,1H3,(H,24,31). The van der Waals surface area contributed by atoms with Crippen LogP contribution in [0.5, 0.6) is 5.88 Å². The molecule has 4 aromatic heterocycles. The van der Waals surface area contributed by atoms with E-state index >= 15 is 0 Å². The largest absolute Gasteiger partial charge is 0.475 e. The number of benzene rings is 1. The van der Waals surface area contributed by atoms with Crippen molar-refractivity contribution in [1.82, 2.24) is 34.5 Å². The van der Waals surface area contributed by atoms with Gasteiger partial charge in [0.15, 0.2) is 11.5 Å². The molecule has 5 rings (SSSR count). The van der Waals surface area contributed by atoms with E-state index in [9.17, 15) is 9.18 Å². The van der Waals surface area contributed by atoms with Gasteiger partial charge in [0.25, 0.3) is 5.91 Å². The van der Waals surface area contributed by atoms with Gasteiger partial charge in [0, 0.05) is 17.8 Å². The summed E-state index contributed by atoms with van der Waals surface area (Å²) in [6.45, 7) is 2.30. The van der Waals surface area contributed by atoms with E-state index in [1.165, 1.54) is 16.6 Å². The predicted molar refractivity (Wildman–Crippen MR) is 114 cm³/mol. The lowest BCUT2D eigenvalue weighted by atomic mass is 10.2. The molecule has 0 atom stereocenters. The average molecular weight is 431 g/mol. The SMILES string of the molecule is Cc1nc2ccccn2c1C(=O)NCCOc1ccc2nnc(-c3ccc(F)cc3)n2n1. The smallest absolute Gasteiger partial charge is 0.270 e. The number of aromatic nitrogens is 6. The predicted octanol–water partition coefficient (Wildman–Crippen LogP) is 2.70. The van der Waals surface area contributed by atoms with Gasteiger partial charge < -0.3 is 10.1 Å². The first-order valence-electron chi connectivity index (χ1n) is 9.93. The van der Waals surface area contributed by atoms with Gasteiger partial charge in [0.2, 0.25) is 5.88 Å². The Balaban J connectivity index is 1.25. The second kappa shape index (κ2) is 8.06. The summed E-state index contributed by atoms with van der Waals surface area (Å²) in [6.07, 6.45) is 1.80. The summed E-state index contributed by atoms with van der Waals surface area (Å²) < 4.78 is 22.2. The Bertz CT molecular complexity index is 1430. The van der Waals surface area contributed by atoms with Crippen LogP contribution in [0.2, 0.25) is 0 Å². The first kappa shape index (κ1) is 19.6. The minimum absolute atomic E-state index is 0.216. The van der Waals surface area contributed by atoms with E-state index in [1.807, 2.05) is 18.2 Å². The number of halogens is 1. The normalized spacial score (nSPS) is 11.2. The molecule has 0 aliphatic heterocycles. The number of hydrogen-bond acceptors (Lipinski definition) is 6. The second-order valence-corrected chi connectivity index (χ2v) is 7.05. The Morgan fingerprint density at radius 2 is 1.91 bits per heavy atom. The van der Waals surface area contributed by atoms with Crippen LogP contribution in [-0.4, -0.2) is 48.3 Å². The van der Waals surface area contributed by atoms with Gasteiger partial charge in [-0.3, -0.25) is 9.20 Å². The maximum Gasteiger partial charge on any atom is 0.270 e. The molecule has 10 heteroatoms. The highest BCUT2D eigenvalue weighted by atomic mass is 19.1. The Kier molecular flexibility index (Phi) is 4.94. The first-order valence-corrected chi connectivity index (χ1v) is 9.93. The molecule has 1 N–H and O–H groups in total. The molecule has 9 nitrogen and oxygen atoms in total. The van der Waals surface area contributed by atoms with Crippen molar-refractivity contribution in [3.8, 4) is 17.3 Å². The number of nitrogens with one attached hydrogen (secondary N) is 1. The highest BCUT2D eigenvalue weighted by Crippen LogP contribution is 2.19. The van der Waals surface area contributed by atoms with Gasteiger partial charge in [0.1, 0.15) is 23.8 Å². The summed E-state index contributed by atoms with van der Waals surface area (Å²) in [4.78, 5) is 17.0. The number of imidazole rings is 1. The van der Waals surface area contributed by atoms with Crippen molar-refractivity contribution in [2.24, 2.45) is 0 Å². The summed E-state index contributed by atoms with van der Waals surface area (Å²) in [5.74, 6) is 0.258. The van der Waals surface area contributed by atoms with Gasteiger partial charge in [-0.1, -0.05) is 6.07 Å². The Morgan fingerprint density at radius 3 is 2.75 bits per heavy atom. The minimum Gasteiger partial charge on any atom is -0.475 e. The average Bonchev–Trinajstić information content (AvgIpc) is 3.37. The molecule has 0 saturated carbocycles. The van der Waals surface area contributed by atoms with E-state index in [4.69, 9.17) is 4.74 Å². The second-order valence-electron chi connectivity index (χ2n) is 7.05. The van der Waals surface area contributed by atoms with Crippen molar-refractivity contribution >= 4 is 17.2 Å². The maximum atomic E-state index is 13.2. The van der Waals surface area contributed by atoms with Crippen molar-refractivity contribution in [2.45, 2.75) is 6.92 Å². The van der Waals surface area contributed by atoms with Gasteiger partial charge in [-0.25, -0.2) is 9.37 Å². The molecular formula is C22H18FN7O2. The zero-order valence-corrected chi connectivity index (χ0v) is 17.1. The molecule has 160 valence electrons. The summed E-state index contributed by atoms with van der Waals surface area (Å²) in [5, 5.41) is 15.4. The van der Waals surface area contributed by atoms with Gasteiger partial charge >= 0.3 is 0 Å². The van der Waals surface area contributed by atoms with Crippen LogP contribution in [0.1, 0.15) is 16.2 Å². The topological polar surface area (TPSA) is 98.7 Å². The van der Waals surface area contributed by atoms with Crippen molar-refractivity contribution in [3.05, 3.63) is 78.0 Å². The Labute approximate surface area is 181 Å². The molecule has 4 heterocycles. The van der Waals surface area contributed by atoms with E-state index in [-0.39, 0.29) is 24.9 Å². The highest BCUT2D eigenvalue weighted by molar-refractivity contribution is 5.94. The zero-order valence-electron chi connectivity index (χ0n) is 17.1. The third kappa shape index (κ3) is 3.62. The number of aryl methyl sites for hydroxylation is 1. The van der Waals surface area contributed by atoms with Gasteiger partial charge in [-0.2, -0.15) is 4.52 Å². The number of fused-ring (bicyclic) bond motifs is 2. The number of nitrogens with zero attached hydrogens (tertiary/aromatic N) is 6. The monoisotopic (exact) mass is 431 g/mol. The quantitative estimate of drug-likeness (QED) is 0.415. The lowest BCUT2D eigenvalue weighted by Gasteiger charge is -2.08. The van der Waals surface area contributed by atoms with Crippen LogP contribution >= 0.6 is 0 Å². The van der Waals surface area contributed by atoms with E-state index in [0.717, 1.165) is 5.65 Å². The highest BCUT2D eigenvalue weighted by Gasteiger charge is 2.16. The van der Waals surface area contributed by atoms with Gasteiger partial charge in [-0.05, 0) is 49.4 Å². The lowest BCUT2D eigenvalue weighted by molar-refractivity contribution is 0.0940. The Morgan fingerprint density at radius 1 is 1.06 bits per heavy atom. The molecule has 0 bridgehead atoms. The number of carbonyl (C=O) groups is 1. The molecule has 0 aliphatic carbocycles. The summed E-state index contributed by atoms with van der Waals surface area (Å²) >= 11 is 0. The lowest BCUT2D eigenvalue weighted by Crippen LogP contribution is -2.29. The van der Waals surface area contributed by atoms with Crippen LogP contribution in [0, 0.1) is 12.7 Å². The van der Waals surface area contributed by atoms with Crippen LogP contribution in [0.3, 0.4) is 0 Å². The van der Waals surface area contributed by atoms with E-state index in [1.54, 1.807) is 41.8 Å². The summed E-state index contributed by atoms with van der Waals surface area (Å²) in [5.41, 5.74) is 3.08. The molecule has 0 aliphatic rings. The van der Waals surface area contributed by atoms with Gasteiger partial charge in [0.05, 0.1) is 12.2 Å². The Hall–Kier alpha value is -4.34. The van der Waals surface area contributed by atoms with E-state index < -0.39 is 0 Å². The summed E-state index contributed by atoms with van der Waals surface area (Å²) in [7, 11) is 0. The molecule has 0 unspecified atom stereocenters. The van der Waals surface area contributed by atoms with Crippen molar-refractivity contribution in [1.29, 1.82) is 0 Å². The van der Waals surface area contributed by atoms with Crippen LogP contribution in [0.25, 0.3) is 22.7 Å². The maximum absolute atomic E-state index is 13.2. The number of rotatable bonds is 6. The van der Waals surface area contributed by atoms with Crippen LogP contribution in [0.4, 0.5) is 4.39 Å². The van der Waals surface area contributed by atoms with Crippen LogP contribution in [-0.2, 0) is 0 Å². The number of amides is 1. The number of carbonyl (C=O) groups excluding carboxylic acids is 1. The molecule has 0 radical (unpaired) electrons. The number of pyridine rings is 1.